The highest BCUT2D eigenvalue weighted by Crippen LogP contribution is 2.52. The minimum atomic E-state index is -3.81. The average Bonchev–Trinajstić information content (AvgIpc) is 3.33. The Kier molecular flexibility index (Phi) is 8.94. The fraction of sp³-hybridized carbons (Fsp3) is 0.583. The molecular formula is C36H50FN3O5SSi. The van der Waals surface area contributed by atoms with Crippen molar-refractivity contribution in [2.45, 2.75) is 89.0 Å². The first-order chi connectivity index (χ1) is 22.1. The van der Waals surface area contributed by atoms with Gasteiger partial charge < -0.3 is 14.1 Å². The lowest BCUT2D eigenvalue weighted by atomic mass is 9.68. The zero-order chi connectivity index (χ0) is 33.9. The third-order valence-corrected chi connectivity index (χ3v) is 17.1. The summed E-state index contributed by atoms with van der Waals surface area (Å²) in [6, 6.07) is 12.1. The fourth-order valence-corrected chi connectivity index (χ4v) is 9.62. The average molecular weight is 684 g/mol. The molecule has 11 heteroatoms. The van der Waals surface area contributed by atoms with Crippen LogP contribution in [0.4, 0.5) is 4.39 Å². The van der Waals surface area contributed by atoms with Crippen LogP contribution in [0.5, 0.6) is 5.75 Å². The quantitative estimate of drug-likeness (QED) is 0.242. The number of hydrogen-bond donors (Lipinski definition) is 0. The van der Waals surface area contributed by atoms with Crippen LogP contribution >= 0.6 is 0 Å². The van der Waals surface area contributed by atoms with Crippen molar-refractivity contribution < 1.29 is 26.8 Å². The Hall–Kier alpha value is -2.73. The van der Waals surface area contributed by atoms with E-state index in [1.54, 1.807) is 19.2 Å². The van der Waals surface area contributed by atoms with E-state index in [4.69, 9.17) is 9.16 Å². The molecule has 0 N–H and O–H groups in total. The number of methoxy groups -OCH3 is 1. The number of benzene rings is 2. The summed E-state index contributed by atoms with van der Waals surface area (Å²) < 4.78 is 57.0. The molecule has 2 aromatic carbocycles. The Morgan fingerprint density at radius 3 is 2.34 bits per heavy atom. The van der Waals surface area contributed by atoms with E-state index in [1.165, 1.54) is 16.3 Å². The van der Waals surface area contributed by atoms with Gasteiger partial charge in [-0.15, -0.1) is 0 Å². The van der Waals surface area contributed by atoms with Gasteiger partial charge in [-0.25, -0.2) is 16.8 Å². The van der Waals surface area contributed by atoms with Crippen molar-refractivity contribution in [1.82, 2.24) is 13.8 Å². The number of carbonyl (C=O) groups excluding carboxylic acids is 1. The second-order valence-corrected chi connectivity index (χ2v) is 22.1. The molecule has 0 radical (unpaired) electrons. The fourth-order valence-electron chi connectivity index (χ4n) is 7.53. The summed E-state index contributed by atoms with van der Waals surface area (Å²) in [4.78, 5) is 17.6. The smallest absolute Gasteiger partial charge is 0.236 e. The Balaban J connectivity index is 1.55. The molecule has 6 rings (SSSR count). The Bertz CT molecular complexity index is 1770. The van der Waals surface area contributed by atoms with Crippen LogP contribution in [0.25, 0.3) is 10.9 Å². The minimum absolute atomic E-state index is 0.0567. The van der Waals surface area contributed by atoms with Crippen LogP contribution in [0.2, 0.25) is 18.1 Å². The minimum Gasteiger partial charge on any atom is -0.497 e. The molecule has 1 saturated heterocycles. The molecule has 0 bridgehead atoms. The van der Waals surface area contributed by atoms with Gasteiger partial charge in [-0.05, 0) is 67.6 Å². The van der Waals surface area contributed by atoms with Gasteiger partial charge in [0.15, 0.2) is 8.32 Å². The Labute approximate surface area is 280 Å². The number of nitrogens with zero attached hydrogens (tertiary/aromatic N) is 3. The molecule has 1 aliphatic carbocycles. The summed E-state index contributed by atoms with van der Waals surface area (Å²) >= 11 is 0. The van der Waals surface area contributed by atoms with Crippen molar-refractivity contribution in [1.29, 1.82) is 0 Å². The number of aromatic nitrogens is 1. The molecular weight excluding hydrogens is 634 g/mol. The number of amides is 1. The van der Waals surface area contributed by atoms with Crippen LogP contribution in [0, 0.1) is 11.7 Å². The molecule has 256 valence electrons. The highest BCUT2D eigenvalue weighted by atomic mass is 32.2. The van der Waals surface area contributed by atoms with E-state index in [2.05, 4.69) is 38.8 Å². The third kappa shape index (κ3) is 6.17. The van der Waals surface area contributed by atoms with Crippen molar-refractivity contribution >= 4 is 35.2 Å². The Morgan fingerprint density at radius 2 is 1.77 bits per heavy atom. The van der Waals surface area contributed by atoms with Gasteiger partial charge in [0.05, 0.1) is 37.2 Å². The highest BCUT2D eigenvalue weighted by molar-refractivity contribution is 7.89. The van der Waals surface area contributed by atoms with Crippen LogP contribution in [0.1, 0.15) is 75.7 Å². The van der Waals surface area contributed by atoms with Gasteiger partial charge in [-0.1, -0.05) is 45.4 Å². The van der Waals surface area contributed by atoms with Crippen molar-refractivity contribution in [3.05, 3.63) is 65.1 Å². The number of ether oxygens (including phenoxy) is 1. The number of carbonyl (C=O) groups is 1. The van der Waals surface area contributed by atoms with Crippen LogP contribution in [-0.4, -0.2) is 76.0 Å². The van der Waals surface area contributed by atoms with E-state index < -0.39 is 29.8 Å². The molecule has 1 unspecified atom stereocenters. The Morgan fingerprint density at radius 1 is 1.09 bits per heavy atom. The van der Waals surface area contributed by atoms with Crippen molar-refractivity contribution in [2.24, 2.45) is 5.92 Å². The topological polar surface area (TPSA) is 81.1 Å². The van der Waals surface area contributed by atoms with E-state index in [0.29, 0.717) is 61.5 Å². The van der Waals surface area contributed by atoms with Gasteiger partial charge in [0, 0.05) is 54.5 Å². The zero-order valence-electron chi connectivity index (χ0n) is 28.9. The van der Waals surface area contributed by atoms with Crippen molar-refractivity contribution in [3.63, 3.8) is 0 Å². The molecule has 1 atom stereocenters. The molecule has 1 saturated carbocycles. The molecule has 8 nitrogen and oxygen atoms in total. The molecule has 3 aliphatic rings. The maximum Gasteiger partial charge on any atom is 0.236 e. The standard InChI is InChI=1S/C36H50FN3O5SSi/c1-35(2,3)47(6,7)45-23-31-33-32(28-16-15-27(44-4)21-30(28)40(33)46(5,42)43)36(24-39(31)22-26-11-8-9-14-29(26)37)17-19-38(20-18-36)34(41)25-12-10-13-25/h8-9,11,14-16,21,25,31H,10,12-13,17-20,22-24H2,1-7H3. The van der Waals surface area contributed by atoms with Gasteiger partial charge in [0.25, 0.3) is 0 Å². The molecule has 47 heavy (non-hydrogen) atoms. The summed E-state index contributed by atoms with van der Waals surface area (Å²) in [6.45, 7) is 13.4. The van der Waals surface area contributed by atoms with E-state index in [-0.39, 0.29) is 29.3 Å². The van der Waals surface area contributed by atoms with E-state index in [9.17, 15) is 13.2 Å². The summed E-state index contributed by atoms with van der Waals surface area (Å²) in [5, 5.41) is 0.826. The number of hydrogen-bond acceptors (Lipinski definition) is 6. The second kappa shape index (κ2) is 12.3. The van der Waals surface area contributed by atoms with E-state index in [1.807, 2.05) is 29.2 Å². The molecule has 1 spiro atoms. The predicted molar refractivity (Wildman–Crippen MR) is 186 cm³/mol. The van der Waals surface area contributed by atoms with Gasteiger partial charge in [-0.2, -0.15) is 0 Å². The van der Waals surface area contributed by atoms with Gasteiger partial charge >= 0.3 is 0 Å². The van der Waals surface area contributed by atoms with Crippen molar-refractivity contribution in [3.8, 4) is 5.75 Å². The van der Waals surface area contributed by atoms with E-state index >= 15 is 4.39 Å². The lowest BCUT2D eigenvalue weighted by Gasteiger charge is -2.51. The largest absolute Gasteiger partial charge is 0.497 e. The summed E-state index contributed by atoms with van der Waals surface area (Å²) in [5.41, 5.74) is 2.40. The van der Waals surface area contributed by atoms with E-state index in [0.717, 1.165) is 30.2 Å². The summed E-state index contributed by atoms with van der Waals surface area (Å²) in [6.07, 6.45) is 5.66. The number of halogens is 1. The molecule has 3 heterocycles. The van der Waals surface area contributed by atoms with Gasteiger partial charge in [-0.3, -0.25) is 9.69 Å². The number of rotatable bonds is 8. The van der Waals surface area contributed by atoms with Gasteiger partial charge in [0.1, 0.15) is 11.6 Å². The maximum atomic E-state index is 15.3. The number of piperidine rings is 1. The van der Waals surface area contributed by atoms with Gasteiger partial charge in [0.2, 0.25) is 15.9 Å². The molecule has 2 fully saturated rings. The molecule has 2 aliphatic heterocycles. The summed E-state index contributed by atoms with van der Waals surface area (Å²) in [7, 11) is -4.49. The number of likely N-dealkylation sites (tertiary alicyclic amines) is 1. The van der Waals surface area contributed by atoms with Crippen LogP contribution in [-0.2, 0) is 31.2 Å². The van der Waals surface area contributed by atoms with Crippen LogP contribution in [0.3, 0.4) is 0 Å². The number of fused-ring (bicyclic) bond motifs is 4. The first-order valence-corrected chi connectivity index (χ1v) is 21.7. The second-order valence-electron chi connectivity index (χ2n) is 15.5. The third-order valence-electron chi connectivity index (χ3n) is 11.5. The maximum absolute atomic E-state index is 15.3. The van der Waals surface area contributed by atoms with Crippen LogP contribution < -0.4 is 4.74 Å². The zero-order valence-corrected chi connectivity index (χ0v) is 30.8. The highest BCUT2D eigenvalue weighted by Gasteiger charge is 2.51. The first kappa shape index (κ1) is 34.1. The molecule has 1 amide bonds. The summed E-state index contributed by atoms with van der Waals surface area (Å²) in [5.74, 6) is 0.657. The monoisotopic (exact) mass is 683 g/mol. The van der Waals surface area contributed by atoms with Crippen LogP contribution in [0.15, 0.2) is 42.5 Å². The van der Waals surface area contributed by atoms with Crippen molar-refractivity contribution in [2.75, 3.05) is 39.6 Å². The normalized spacial score (nSPS) is 20.8. The lowest BCUT2D eigenvalue weighted by Crippen LogP contribution is -2.56. The molecule has 3 aromatic rings. The SMILES string of the molecule is COc1ccc2c3c(n(S(C)(=O)=O)c2c1)C(CO[Si](C)(C)C(C)(C)C)N(Cc1ccccc1F)CC31CCN(C(=O)C2CCC2)CC1. The lowest BCUT2D eigenvalue weighted by molar-refractivity contribution is -0.140. The first-order valence-electron chi connectivity index (χ1n) is 16.9. The predicted octanol–water partition coefficient (Wildman–Crippen LogP) is 6.84. The molecule has 1 aromatic heterocycles.